The van der Waals surface area contributed by atoms with E-state index >= 15 is 0 Å². The molecule has 5 nitrogen and oxygen atoms in total. The van der Waals surface area contributed by atoms with E-state index in [4.69, 9.17) is 17.0 Å². The topological polar surface area (TPSA) is 55.7 Å². The van der Waals surface area contributed by atoms with Crippen LogP contribution in [-0.2, 0) is 0 Å². The maximum Gasteiger partial charge on any atom is 0.200 e. The van der Waals surface area contributed by atoms with Crippen molar-refractivity contribution in [2.75, 3.05) is 6.61 Å². The number of H-pyrrole nitrogens is 1. The first-order chi connectivity index (χ1) is 10.3. The molecule has 2 heterocycles. The van der Waals surface area contributed by atoms with Crippen LogP contribution in [0, 0.1) is 4.77 Å². The zero-order valence-electron chi connectivity index (χ0n) is 11.5. The molecular weight excluding hydrogens is 284 g/mol. The summed E-state index contributed by atoms with van der Waals surface area (Å²) in [7, 11) is 0. The van der Waals surface area contributed by atoms with E-state index in [0.29, 0.717) is 17.2 Å². The summed E-state index contributed by atoms with van der Waals surface area (Å²) >= 11 is 5.34. The number of hydrogen-bond acceptors (Lipinski definition) is 4. The molecule has 3 rings (SSSR count). The minimum atomic E-state index is 0.518. The molecule has 0 spiro atoms. The van der Waals surface area contributed by atoms with Gasteiger partial charge in [-0.1, -0.05) is 12.1 Å². The summed E-state index contributed by atoms with van der Waals surface area (Å²) in [6.45, 7) is 2.57. The Kier molecular flexibility index (Phi) is 3.79. The number of nitrogens with one attached hydrogen (secondary N) is 1. The van der Waals surface area contributed by atoms with E-state index in [1.807, 2.05) is 54.0 Å². The molecule has 0 saturated carbocycles. The third-order valence-corrected chi connectivity index (χ3v) is 3.23. The smallest absolute Gasteiger partial charge is 0.200 e. The number of hydrogen-bond donors (Lipinski definition) is 1. The van der Waals surface area contributed by atoms with Gasteiger partial charge in [-0.25, -0.2) is 0 Å². The van der Waals surface area contributed by atoms with Crippen LogP contribution in [0.25, 0.3) is 17.2 Å². The summed E-state index contributed by atoms with van der Waals surface area (Å²) in [5.41, 5.74) is 1.65. The second-order valence-corrected chi connectivity index (χ2v) is 4.72. The van der Waals surface area contributed by atoms with Crippen molar-refractivity contribution in [2.45, 2.75) is 6.92 Å². The van der Waals surface area contributed by atoms with Crippen LogP contribution in [-0.4, -0.2) is 26.4 Å². The lowest BCUT2D eigenvalue weighted by molar-refractivity contribution is 0.340. The molecule has 0 aliphatic carbocycles. The van der Waals surface area contributed by atoms with Gasteiger partial charge in [0.05, 0.1) is 12.3 Å². The van der Waals surface area contributed by atoms with Gasteiger partial charge in [-0.3, -0.25) is 14.6 Å². The molecule has 21 heavy (non-hydrogen) atoms. The average Bonchev–Trinajstić information content (AvgIpc) is 2.90. The molecule has 0 atom stereocenters. The van der Waals surface area contributed by atoms with Crippen molar-refractivity contribution in [3.05, 3.63) is 53.4 Å². The highest BCUT2D eigenvalue weighted by atomic mass is 32.1. The molecule has 0 fully saturated rings. The predicted octanol–water partition coefficient (Wildman–Crippen LogP) is 3.39. The Hall–Kier alpha value is -2.47. The van der Waals surface area contributed by atoms with Crippen LogP contribution >= 0.6 is 12.2 Å². The SMILES string of the molecule is CCOc1cccc(-n2c(-c3ccccn3)n[nH]c2=S)c1. The molecule has 2 aromatic heterocycles. The number of rotatable bonds is 4. The molecule has 0 saturated heterocycles. The van der Waals surface area contributed by atoms with Gasteiger partial charge in [0, 0.05) is 12.3 Å². The summed E-state index contributed by atoms with van der Waals surface area (Å²) in [6, 6.07) is 13.4. The zero-order chi connectivity index (χ0) is 14.7. The summed E-state index contributed by atoms with van der Waals surface area (Å²) in [5, 5.41) is 7.10. The fraction of sp³-hybridized carbons (Fsp3) is 0.133. The van der Waals surface area contributed by atoms with Gasteiger partial charge in [-0.15, -0.1) is 0 Å². The van der Waals surface area contributed by atoms with Crippen molar-refractivity contribution in [1.82, 2.24) is 19.7 Å². The van der Waals surface area contributed by atoms with Gasteiger partial charge >= 0.3 is 0 Å². The summed E-state index contributed by atoms with van der Waals surface area (Å²) < 4.78 is 7.90. The summed E-state index contributed by atoms with van der Waals surface area (Å²) in [4.78, 5) is 4.33. The Labute approximate surface area is 127 Å². The third kappa shape index (κ3) is 2.71. The van der Waals surface area contributed by atoms with Gasteiger partial charge in [-0.05, 0) is 43.4 Å². The highest BCUT2D eigenvalue weighted by Crippen LogP contribution is 2.22. The molecule has 0 amide bonds. The highest BCUT2D eigenvalue weighted by Gasteiger charge is 2.12. The maximum absolute atomic E-state index is 5.54. The second-order valence-electron chi connectivity index (χ2n) is 4.33. The number of nitrogens with zero attached hydrogens (tertiary/aromatic N) is 3. The summed E-state index contributed by atoms with van der Waals surface area (Å²) in [5.74, 6) is 1.47. The largest absolute Gasteiger partial charge is 0.494 e. The fourth-order valence-electron chi connectivity index (χ4n) is 2.08. The molecule has 0 radical (unpaired) electrons. The Bertz CT molecular complexity index is 795. The zero-order valence-corrected chi connectivity index (χ0v) is 12.3. The lowest BCUT2D eigenvalue weighted by atomic mass is 10.2. The lowest BCUT2D eigenvalue weighted by Crippen LogP contribution is -2.00. The quantitative estimate of drug-likeness (QED) is 0.750. The molecule has 0 aliphatic rings. The van der Waals surface area contributed by atoms with Crippen molar-refractivity contribution in [3.8, 4) is 23.0 Å². The molecule has 106 valence electrons. The van der Waals surface area contributed by atoms with Crippen LogP contribution in [0.1, 0.15) is 6.92 Å². The minimum absolute atomic E-state index is 0.518. The molecular formula is C15H14N4OS. The first-order valence-electron chi connectivity index (χ1n) is 6.61. The van der Waals surface area contributed by atoms with Gasteiger partial charge < -0.3 is 4.74 Å². The van der Waals surface area contributed by atoms with Crippen LogP contribution < -0.4 is 4.74 Å². The monoisotopic (exact) mass is 298 g/mol. The minimum Gasteiger partial charge on any atom is -0.494 e. The third-order valence-electron chi connectivity index (χ3n) is 2.95. The number of aromatic amines is 1. The first kappa shape index (κ1) is 13.5. The number of pyridine rings is 1. The normalized spacial score (nSPS) is 10.5. The lowest BCUT2D eigenvalue weighted by Gasteiger charge is -2.09. The van der Waals surface area contributed by atoms with Gasteiger partial charge in [-0.2, -0.15) is 5.10 Å². The average molecular weight is 298 g/mol. The van der Waals surface area contributed by atoms with Crippen LogP contribution in [0.3, 0.4) is 0 Å². The van der Waals surface area contributed by atoms with Crippen LogP contribution in [0.2, 0.25) is 0 Å². The van der Waals surface area contributed by atoms with Crippen molar-refractivity contribution in [1.29, 1.82) is 0 Å². The van der Waals surface area contributed by atoms with E-state index in [-0.39, 0.29) is 0 Å². The van der Waals surface area contributed by atoms with Crippen LogP contribution in [0.15, 0.2) is 48.7 Å². The molecule has 1 N–H and O–H groups in total. The predicted molar refractivity (Wildman–Crippen MR) is 83.1 cm³/mol. The van der Waals surface area contributed by atoms with Gasteiger partial charge in [0.2, 0.25) is 0 Å². The van der Waals surface area contributed by atoms with E-state index in [9.17, 15) is 0 Å². The Balaban J connectivity index is 2.13. The molecule has 3 aromatic rings. The molecule has 0 unspecified atom stereocenters. The van der Waals surface area contributed by atoms with Gasteiger partial charge in [0.15, 0.2) is 10.6 Å². The van der Waals surface area contributed by atoms with E-state index in [1.165, 1.54) is 0 Å². The maximum atomic E-state index is 5.54. The van der Waals surface area contributed by atoms with Crippen LogP contribution in [0.5, 0.6) is 5.75 Å². The molecule has 1 aromatic carbocycles. The second kappa shape index (κ2) is 5.88. The van der Waals surface area contributed by atoms with E-state index in [0.717, 1.165) is 17.1 Å². The van der Waals surface area contributed by atoms with E-state index < -0.39 is 0 Å². The Morgan fingerprint density at radius 2 is 2.14 bits per heavy atom. The van der Waals surface area contributed by atoms with Crippen molar-refractivity contribution < 1.29 is 4.74 Å². The highest BCUT2D eigenvalue weighted by molar-refractivity contribution is 7.71. The number of ether oxygens (including phenoxy) is 1. The molecule has 0 aliphatic heterocycles. The standard InChI is InChI=1S/C15H14N4OS/c1-2-20-12-7-5-6-11(10-12)19-14(17-18-15(19)21)13-8-3-4-9-16-13/h3-10H,2H2,1H3,(H,18,21). The van der Waals surface area contributed by atoms with E-state index in [2.05, 4.69) is 15.2 Å². The molecule has 0 bridgehead atoms. The van der Waals surface area contributed by atoms with Gasteiger partial charge in [0.25, 0.3) is 0 Å². The fourth-order valence-corrected chi connectivity index (χ4v) is 2.32. The first-order valence-corrected chi connectivity index (χ1v) is 7.02. The van der Waals surface area contributed by atoms with Crippen LogP contribution in [0.4, 0.5) is 0 Å². The van der Waals surface area contributed by atoms with Crippen molar-refractivity contribution in [3.63, 3.8) is 0 Å². The van der Waals surface area contributed by atoms with Crippen molar-refractivity contribution in [2.24, 2.45) is 0 Å². The molecule has 6 heteroatoms. The van der Waals surface area contributed by atoms with Gasteiger partial charge in [0.1, 0.15) is 11.4 Å². The number of aromatic nitrogens is 4. The Morgan fingerprint density at radius 3 is 2.90 bits per heavy atom. The Morgan fingerprint density at radius 1 is 1.24 bits per heavy atom. The summed E-state index contributed by atoms with van der Waals surface area (Å²) in [6.07, 6.45) is 1.73. The number of benzene rings is 1. The van der Waals surface area contributed by atoms with E-state index in [1.54, 1.807) is 6.20 Å². The van der Waals surface area contributed by atoms with Crippen molar-refractivity contribution >= 4 is 12.2 Å².